The number of rotatable bonds is 8. The SMILES string of the molecule is CCOC1CC(NCC(OC)OC)C1(C)CC. The predicted octanol–water partition coefficient (Wildman–Crippen LogP) is 1.79. The molecule has 0 aliphatic heterocycles. The van der Waals surface area contributed by atoms with Gasteiger partial charge in [0.1, 0.15) is 0 Å². The van der Waals surface area contributed by atoms with Crippen molar-refractivity contribution >= 4 is 0 Å². The van der Waals surface area contributed by atoms with Crippen LogP contribution in [0.25, 0.3) is 0 Å². The Hall–Kier alpha value is -0.160. The highest BCUT2D eigenvalue weighted by Gasteiger charge is 2.50. The van der Waals surface area contributed by atoms with E-state index in [0.717, 1.165) is 26.0 Å². The van der Waals surface area contributed by atoms with E-state index in [1.54, 1.807) is 14.2 Å². The molecule has 1 saturated carbocycles. The summed E-state index contributed by atoms with van der Waals surface area (Å²) in [6, 6.07) is 0.497. The van der Waals surface area contributed by atoms with E-state index >= 15 is 0 Å². The summed E-state index contributed by atoms with van der Waals surface area (Å²) in [5.41, 5.74) is 0.238. The molecule has 1 aliphatic rings. The van der Waals surface area contributed by atoms with Crippen molar-refractivity contribution in [2.75, 3.05) is 27.4 Å². The average Bonchev–Trinajstić information content (AvgIpc) is 2.36. The summed E-state index contributed by atoms with van der Waals surface area (Å²) in [6.45, 7) is 8.10. The van der Waals surface area contributed by atoms with Gasteiger partial charge in [-0.15, -0.1) is 0 Å². The van der Waals surface area contributed by atoms with Crippen molar-refractivity contribution in [3.8, 4) is 0 Å². The quantitative estimate of drug-likeness (QED) is 0.662. The third kappa shape index (κ3) is 3.19. The van der Waals surface area contributed by atoms with Crippen LogP contribution in [0.1, 0.15) is 33.6 Å². The van der Waals surface area contributed by atoms with Gasteiger partial charge >= 0.3 is 0 Å². The van der Waals surface area contributed by atoms with E-state index < -0.39 is 0 Å². The Morgan fingerprint density at radius 1 is 1.29 bits per heavy atom. The Labute approximate surface area is 105 Å². The van der Waals surface area contributed by atoms with Crippen LogP contribution in [0.5, 0.6) is 0 Å². The molecule has 0 aromatic rings. The summed E-state index contributed by atoms with van der Waals surface area (Å²) in [4.78, 5) is 0. The maximum Gasteiger partial charge on any atom is 0.169 e. The van der Waals surface area contributed by atoms with Crippen LogP contribution in [0.4, 0.5) is 0 Å². The molecule has 4 nitrogen and oxygen atoms in total. The molecule has 3 atom stereocenters. The third-order valence-corrected chi connectivity index (χ3v) is 4.17. The summed E-state index contributed by atoms with van der Waals surface area (Å²) >= 11 is 0. The van der Waals surface area contributed by atoms with Gasteiger partial charge in [-0.2, -0.15) is 0 Å². The van der Waals surface area contributed by atoms with Crippen LogP contribution in [-0.2, 0) is 14.2 Å². The largest absolute Gasteiger partial charge is 0.378 e. The first-order valence-electron chi connectivity index (χ1n) is 6.52. The zero-order valence-corrected chi connectivity index (χ0v) is 11.8. The number of methoxy groups -OCH3 is 2. The second kappa shape index (κ2) is 6.69. The van der Waals surface area contributed by atoms with Gasteiger partial charge in [0.15, 0.2) is 6.29 Å². The summed E-state index contributed by atoms with van der Waals surface area (Å²) in [6.07, 6.45) is 2.43. The maximum atomic E-state index is 5.77. The average molecular weight is 245 g/mol. The molecule has 1 fully saturated rings. The standard InChI is InChI=1S/C13H27NO3/c1-6-13(3)10(8-11(13)17-7-2)14-9-12(15-4)16-5/h10-12,14H,6-9H2,1-5H3. The third-order valence-electron chi connectivity index (χ3n) is 4.17. The fourth-order valence-electron chi connectivity index (χ4n) is 2.57. The van der Waals surface area contributed by atoms with E-state index in [0.29, 0.717) is 12.1 Å². The molecule has 0 aromatic heterocycles. The van der Waals surface area contributed by atoms with E-state index in [9.17, 15) is 0 Å². The molecule has 1 N–H and O–H groups in total. The normalized spacial score (nSPS) is 32.8. The van der Waals surface area contributed by atoms with Crippen molar-refractivity contribution in [3.05, 3.63) is 0 Å². The van der Waals surface area contributed by atoms with Gasteiger partial charge in [-0.1, -0.05) is 13.8 Å². The van der Waals surface area contributed by atoms with Crippen molar-refractivity contribution in [1.29, 1.82) is 0 Å². The van der Waals surface area contributed by atoms with Crippen LogP contribution in [0.2, 0.25) is 0 Å². The van der Waals surface area contributed by atoms with Gasteiger partial charge in [-0.05, 0) is 19.8 Å². The maximum absolute atomic E-state index is 5.77. The molecular formula is C13H27NO3. The molecule has 3 unspecified atom stereocenters. The molecular weight excluding hydrogens is 218 g/mol. The predicted molar refractivity (Wildman–Crippen MR) is 68.0 cm³/mol. The van der Waals surface area contributed by atoms with Gasteiger partial charge in [-0.3, -0.25) is 0 Å². The Morgan fingerprint density at radius 3 is 2.41 bits per heavy atom. The van der Waals surface area contributed by atoms with E-state index in [4.69, 9.17) is 14.2 Å². The lowest BCUT2D eigenvalue weighted by Gasteiger charge is -2.54. The molecule has 0 heterocycles. The smallest absolute Gasteiger partial charge is 0.169 e. The van der Waals surface area contributed by atoms with Crippen molar-refractivity contribution in [3.63, 3.8) is 0 Å². The minimum atomic E-state index is -0.165. The molecule has 0 spiro atoms. The Bertz CT molecular complexity index is 221. The molecule has 0 radical (unpaired) electrons. The molecule has 0 saturated heterocycles. The van der Waals surface area contributed by atoms with Gasteiger partial charge in [0.05, 0.1) is 6.10 Å². The first-order chi connectivity index (χ1) is 8.12. The Morgan fingerprint density at radius 2 is 1.94 bits per heavy atom. The summed E-state index contributed by atoms with van der Waals surface area (Å²) in [5, 5.41) is 3.52. The Balaban J connectivity index is 2.40. The summed E-state index contributed by atoms with van der Waals surface area (Å²) in [7, 11) is 3.33. The van der Waals surface area contributed by atoms with Crippen LogP contribution in [0.15, 0.2) is 0 Å². The van der Waals surface area contributed by atoms with Crippen molar-refractivity contribution < 1.29 is 14.2 Å². The van der Waals surface area contributed by atoms with E-state index in [1.807, 2.05) is 0 Å². The lowest BCUT2D eigenvalue weighted by Crippen LogP contribution is -2.63. The van der Waals surface area contributed by atoms with Gasteiger partial charge < -0.3 is 19.5 Å². The molecule has 102 valence electrons. The fourth-order valence-corrected chi connectivity index (χ4v) is 2.57. The summed E-state index contributed by atoms with van der Waals surface area (Å²) in [5.74, 6) is 0. The Kier molecular flexibility index (Phi) is 5.86. The van der Waals surface area contributed by atoms with Gasteiger partial charge in [0.2, 0.25) is 0 Å². The van der Waals surface area contributed by atoms with Gasteiger partial charge in [0, 0.05) is 38.8 Å². The number of hydrogen-bond donors (Lipinski definition) is 1. The molecule has 0 bridgehead atoms. The molecule has 17 heavy (non-hydrogen) atoms. The minimum Gasteiger partial charge on any atom is -0.378 e. The van der Waals surface area contributed by atoms with Crippen molar-refractivity contribution in [1.82, 2.24) is 5.32 Å². The van der Waals surface area contributed by atoms with Crippen molar-refractivity contribution in [2.45, 2.75) is 52.0 Å². The van der Waals surface area contributed by atoms with Crippen LogP contribution >= 0.6 is 0 Å². The van der Waals surface area contributed by atoms with Crippen LogP contribution in [0, 0.1) is 5.41 Å². The first-order valence-corrected chi connectivity index (χ1v) is 6.52. The topological polar surface area (TPSA) is 39.7 Å². The van der Waals surface area contributed by atoms with Crippen LogP contribution < -0.4 is 5.32 Å². The zero-order chi connectivity index (χ0) is 12.9. The first kappa shape index (κ1) is 14.9. The van der Waals surface area contributed by atoms with Crippen molar-refractivity contribution in [2.24, 2.45) is 5.41 Å². The highest BCUT2D eigenvalue weighted by molar-refractivity contribution is 5.04. The van der Waals surface area contributed by atoms with Crippen LogP contribution in [-0.4, -0.2) is 45.8 Å². The minimum absolute atomic E-state index is 0.165. The molecule has 4 heteroatoms. The highest BCUT2D eigenvalue weighted by atomic mass is 16.7. The van der Waals surface area contributed by atoms with E-state index in [-0.39, 0.29) is 11.7 Å². The monoisotopic (exact) mass is 245 g/mol. The molecule has 0 amide bonds. The molecule has 1 rings (SSSR count). The second-order valence-corrected chi connectivity index (χ2v) is 4.90. The molecule has 1 aliphatic carbocycles. The van der Waals surface area contributed by atoms with Gasteiger partial charge in [0.25, 0.3) is 0 Å². The van der Waals surface area contributed by atoms with E-state index in [2.05, 4.69) is 26.1 Å². The van der Waals surface area contributed by atoms with Crippen LogP contribution in [0.3, 0.4) is 0 Å². The van der Waals surface area contributed by atoms with Gasteiger partial charge in [-0.25, -0.2) is 0 Å². The lowest BCUT2D eigenvalue weighted by molar-refractivity contribution is -0.140. The second-order valence-electron chi connectivity index (χ2n) is 4.90. The molecule has 0 aromatic carbocycles. The zero-order valence-electron chi connectivity index (χ0n) is 11.8. The number of hydrogen-bond acceptors (Lipinski definition) is 4. The number of ether oxygens (including phenoxy) is 3. The lowest BCUT2D eigenvalue weighted by atomic mass is 9.61. The number of nitrogens with one attached hydrogen (secondary N) is 1. The highest BCUT2D eigenvalue weighted by Crippen LogP contribution is 2.45. The fraction of sp³-hybridized carbons (Fsp3) is 1.00. The van der Waals surface area contributed by atoms with E-state index in [1.165, 1.54) is 0 Å². The summed E-state index contributed by atoms with van der Waals surface area (Å²) < 4.78 is 16.1.